The molecule has 2 aliphatic rings. The Labute approximate surface area is 118 Å². The van der Waals surface area contributed by atoms with Gasteiger partial charge in [0.25, 0.3) is 0 Å². The van der Waals surface area contributed by atoms with Crippen molar-refractivity contribution in [2.45, 2.75) is 37.7 Å². The van der Waals surface area contributed by atoms with Gasteiger partial charge in [-0.3, -0.25) is 0 Å². The minimum Gasteiger partial charge on any atom is -0.391 e. The van der Waals surface area contributed by atoms with Crippen molar-refractivity contribution in [1.29, 1.82) is 0 Å². The van der Waals surface area contributed by atoms with E-state index in [-0.39, 0.29) is 6.61 Å². The monoisotopic (exact) mass is 301 g/mol. The lowest BCUT2D eigenvalue weighted by Crippen LogP contribution is -2.30. The Balaban J connectivity index is 1.93. The van der Waals surface area contributed by atoms with Gasteiger partial charge in [-0.2, -0.15) is 4.31 Å². The van der Waals surface area contributed by atoms with E-state index in [1.807, 2.05) is 5.38 Å². The van der Waals surface area contributed by atoms with Crippen molar-refractivity contribution in [2.75, 3.05) is 13.1 Å². The first-order valence-electron chi connectivity index (χ1n) is 6.72. The summed E-state index contributed by atoms with van der Waals surface area (Å²) in [5, 5.41) is 11.1. The van der Waals surface area contributed by atoms with Gasteiger partial charge >= 0.3 is 0 Å². The molecule has 1 N–H and O–H groups in total. The fourth-order valence-corrected chi connectivity index (χ4v) is 6.63. The highest BCUT2D eigenvalue weighted by Crippen LogP contribution is 2.41. The molecule has 2 atom stereocenters. The molecule has 1 aliphatic heterocycles. The van der Waals surface area contributed by atoms with Crippen LogP contribution in [0.1, 0.15) is 29.7 Å². The van der Waals surface area contributed by atoms with Gasteiger partial charge < -0.3 is 5.11 Å². The number of hydrogen-bond acceptors (Lipinski definition) is 4. The lowest BCUT2D eigenvalue weighted by molar-refractivity contribution is 0.282. The van der Waals surface area contributed by atoms with Crippen LogP contribution in [0.4, 0.5) is 0 Å². The Hall–Kier alpha value is -0.430. The second kappa shape index (κ2) is 4.84. The Morgan fingerprint density at radius 3 is 2.58 bits per heavy atom. The van der Waals surface area contributed by atoms with E-state index in [1.54, 1.807) is 11.2 Å². The summed E-state index contributed by atoms with van der Waals surface area (Å²) >= 11 is 1.33. The molecule has 1 aromatic rings. The fraction of sp³-hybridized carbons (Fsp3) is 0.692. The number of rotatable bonds is 3. The molecule has 1 saturated heterocycles. The van der Waals surface area contributed by atoms with Crippen LogP contribution < -0.4 is 0 Å². The number of nitrogens with zero attached hydrogens (tertiary/aromatic N) is 1. The van der Waals surface area contributed by atoms with Crippen molar-refractivity contribution in [3.05, 3.63) is 15.8 Å². The maximum absolute atomic E-state index is 12.7. The number of thiophene rings is 1. The molecule has 3 rings (SSSR count). The van der Waals surface area contributed by atoms with Gasteiger partial charge in [0.1, 0.15) is 4.90 Å². The van der Waals surface area contributed by atoms with Gasteiger partial charge in [0, 0.05) is 13.1 Å². The zero-order valence-electron chi connectivity index (χ0n) is 11.0. The molecule has 1 saturated carbocycles. The third-order valence-corrected chi connectivity index (χ3v) is 7.70. The highest BCUT2D eigenvalue weighted by atomic mass is 32.2. The predicted molar refractivity (Wildman–Crippen MR) is 74.6 cm³/mol. The summed E-state index contributed by atoms with van der Waals surface area (Å²) in [7, 11) is -3.43. The van der Waals surface area contributed by atoms with Crippen LogP contribution in [-0.4, -0.2) is 30.9 Å². The minimum atomic E-state index is -3.43. The second-order valence-corrected chi connectivity index (χ2v) is 8.44. The lowest BCUT2D eigenvalue weighted by Gasteiger charge is -2.18. The summed E-state index contributed by atoms with van der Waals surface area (Å²) in [6.07, 6.45) is 3.56. The summed E-state index contributed by atoms with van der Waals surface area (Å²) in [5.74, 6) is 1.09. The topological polar surface area (TPSA) is 57.6 Å². The Morgan fingerprint density at radius 1 is 1.37 bits per heavy atom. The normalized spacial score (nSPS) is 27.9. The molecule has 2 fully saturated rings. The van der Waals surface area contributed by atoms with Crippen LogP contribution in [0.5, 0.6) is 0 Å². The number of hydrogen-bond donors (Lipinski definition) is 1. The van der Waals surface area contributed by atoms with Crippen molar-refractivity contribution in [3.63, 3.8) is 0 Å². The van der Waals surface area contributed by atoms with Crippen LogP contribution in [0.2, 0.25) is 0 Å². The highest BCUT2D eigenvalue weighted by molar-refractivity contribution is 7.89. The number of sulfonamides is 1. The van der Waals surface area contributed by atoms with Gasteiger partial charge in [-0.05, 0) is 42.5 Å². The van der Waals surface area contributed by atoms with E-state index in [4.69, 9.17) is 0 Å². The van der Waals surface area contributed by atoms with Crippen molar-refractivity contribution in [2.24, 2.45) is 11.8 Å². The van der Waals surface area contributed by atoms with Crippen molar-refractivity contribution in [3.8, 4) is 0 Å². The summed E-state index contributed by atoms with van der Waals surface area (Å²) in [4.78, 5) is 0.912. The van der Waals surface area contributed by atoms with Crippen LogP contribution in [0.15, 0.2) is 10.3 Å². The van der Waals surface area contributed by atoms with E-state index in [1.165, 1.54) is 17.8 Å². The molecular formula is C13H19NO3S2. The van der Waals surface area contributed by atoms with Gasteiger partial charge in [0.2, 0.25) is 10.0 Å². The first kappa shape index (κ1) is 13.5. The number of aryl methyl sites for hydroxylation is 1. The van der Waals surface area contributed by atoms with Gasteiger partial charge in [-0.15, -0.1) is 11.3 Å². The molecule has 1 aromatic heterocycles. The molecule has 106 valence electrons. The number of aliphatic hydroxyl groups excluding tert-OH is 1. The van der Waals surface area contributed by atoms with Gasteiger partial charge in [-0.1, -0.05) is 6.42 Å². The summed E-state index contributed by atoms with van der Waals surface area (Å²) in [5.41, 5.74) is 0.756. The first-order chi connectivity index (χ1) is 9.04. The van der Waals surface area contributed by atoms with Gasteiger partial charge in [0.15, 0.2) is 0 Å². The Bertz CT molecular complexity index is 567. The quantitative estimate of drug-likeness (QED) is 0.928. The Morgan fingerprint density at radius 2 is 2.00 bits per heavy atom. The summed E-state index contributed by atoms with van der Waals surface area (Å²) < 4.78 is 27.1. The molecule has 6 heteroatoms. The highest BCUT2D eigenvalue weighted by Gasteiger charge is 2.42. The molecule has 2 heterocycles. The van der Waals surface area contributed by atoms with Crippen LogP contribution in [0.3, 0.4) is 0 Å². The summed E-state index contributed by atoms with van der Waals surface area (Å²) in [6.45, 7) is 2.92. The third kappa shape index (κ3) is 2.14. The molecule has 0 bridgehead atoms. The molecule has 2 unspecified atom stereocenters. The van der Waals surface area contributed by atoms with E-state index in [0.29, 0.717) is 34.7 Å². The van der Waals surface area contributed by atoms with E-state index < -0.39 is 10.0 Å². The number of fused-ring (bicyclic) bond motifs is 1. The zero-order chi connectivity index (χ0) is 13.6. The molecule has 0 amide bonds. The molecular weight excluding hydrogens is 282 g/mol. The standard InChI is InChI=1S/C13H19NO3S2/c1-9-8-18-12(7-15)13(9)19(16,17)14-5-10-3-2-4-11(10)6-14/h8,10-11,15H,2-7H2,1H3. The smallest absolute Gasteiger partial charge is 0.244 e. The van der Waals surface area contributed by atoms with E-state index in [0.717, 1.165) is 18.4 Å². The predicted octanol–water partition coefficient (Wildman–Crippen LogP) is 1.97. The van der Waals surface area contributed by atoms with E-state index in [2.05, 4.69) is 0 Å². The van der Waals surface area contributed by atoms with Crippen molar-refractivity contribution < 1.29 is 13.5 Å². The van der Waals surface area contributed by atoms with Crippen LogP contribution in [0, 0.1) is 18.8 Å². The van der Waals surface area contributed by atoms with Crippen LogP contribution >= 0.6 is 11.3 Å². The number of aliphatic hydroxyl groups is 1. The Kier molecular flexibility index (Phi) is 3.45. The summed E-state index contributed by atoms with van der Waals surface area (Å²) in [6, 6.07) is 0. The second-order valence-electron chi connectivity index (χ2n) is 5.60. The molecule has 0 aromatic carbocycles. The average Bonchev–Trinajstić information content (AvgIpc) is 3.00. The lowest BCUT2D eigenvalue weighted by atomic mass is 10.0. The SMILES string of the molecule is Cc1csc(CO)c1S(=O)(=O)N1CC2CCCC2C1. The zero-order valence-corrected chi connectivity index (χ0v) is 12.6. The van der Waals surface area contributed by atoms with Gasteiger partial charge in [0.05, 0.1) is 11.5 Å². The molecule has 1 aliphatic carbocycles. The van der Waals surface area contributed by atoms with Crippen LogP contribution in [-0.2, 0) is 16.6 Å². The molecule has 19 heavy (non-hydrogen) atoms. The molecule has 0 radical (unpaired) electrons. The first-order valence-corrected chi connectivity index (χ1v) is 9.04. The molecule has 4 nitrogen and oxygen atoms in total. The minimum absolute atomic E-state index is 0.201. The average molecular weight is 301 g/mol. The van der Waals surface area contributed by atoms with E-state index >= 15 is 0 Å². The fourth-order valence-electron chi connectivity index (χ4n) is 3.46. The van der Waals surface area contributed by atoms with Crippen molar-refractivity contribution in [1.82, 2.24) is 4.31 Å². The van der Waals surface area contributed by atoms with Crippen molar-refractivity contribution >= 4 is 21.4 Å². The maximum Gasteiger partial charge on any atom is 0.244 e. The maximum atomic E-state index is 12.7. The largest absolute Gasteiger partial charge is 0.391 e. The molecule has 0 spiro atoms. The third-order valence-electron chi connectivity index (χ3n) is 4.42. The van der Waals surface area contributed by atoms with Crippen LogP contribution in [0.25, 0.3) is 0 Å². The van der Waals surface area contributed by atoms with Gasteiger partial charge in [-0.25, -0.2) is 8.42 Å². The van der Waals surface area contributed by atoms with E-state index in [9.17, 15) is 13.5 Å².